The van der Waals surface area contributed by atoms with Gasteiger partial charge in [0, 0.05) is 37.3 Å². The third-order valence-corrected chi connectivity index (χ3v) is 3.78. The minimum absolute atomic E-state index is 0.224. The fraction of sp³-hybridized carbons (Fsp3) is 0.562. The highest BCUT2D eigenvalue weighted by Crippen LogP contribution is 2.29. The Labute approximate surface area is 136 Å². The van der Waals surface area contributed by atoms with E-state index in [1.54, 1.807) is 13.2 Å². The molecule has 0 saturated carbocycles. The standard InChI is InChI=1S/C16H23ClN2O3/c1-15(2,3)22-14(20)19-13-7-12(17)6-5-11(13)8-16(21-4)9-18-10-16/h5-7,18H,8-10H2,1-4H3,(H,19,20). The number of nitrogens with one attached hydrogen (secondary N) is 2. The molecule has 6 heteroatoms. The van der Waals surface area contributed by atoms with E-state index in [4.69, 9.17) is 21.1 Å². The van der Waals surface area contributed by atoms with Crippen molar-refractivity contribution in [3.63, 3.8) is 0 Å². The maximum absolute atomic E-state index is 12.0. The molecule has 0 aliphatic carbocycles. The molecule has 1 aliphatic heterocycles. The number of methoxy groups -OCH3 is 1. The van der Waals surface area contributed by atoms with Gasteiger partial charge in [-0.2, -0.15) is 0 Å². The lowest BCUT2D eigenvalue weighted by molar-refractivity contribution is -0.0501. The molecule has 1 saturated heterocycles. The Balaban J connectivity index is 2.15. The van der Waals surface area contributed by atoms with Crippen LogP contribution in [0.2, 0.25) is 5.02 Å². The number of halogens is 1. The molecule has 0 aromatic heterocycles. The largest absolute Gasteiger partial charge is 0.444 e. The molecule has 22 heavy (non-hydrogen) atoms. The first kappa shape index (κ1) is 17.1. The molecule has 2 rings (SSSR count). The summed E-state index contributed by atoms with van der Waals surface area (Å²) < 4.78 is 10.9. The van der Waals surface area contributed by atoms with Crippen LogP contribution in [0.3, 0.4) is 0 Å². The summed E-state index contributed by atoms with van der Waals surface area (Å²) >= 11 is 6.05. The molecular weight excluding hydrogens is 304 g/mol. The maximum Gasteiger partial charge on any atom is 0.412 e. The third kappa shape index (κ3) is 4.35. The summed E-state index contributed by atoms with van der Waals surface area (Å²) in [5, 5.41) is 6.56. The molecule has 1 aromatic rings. The van der Waals surface area contributed by atoms with Crippen LogP contribution in [0.1, 0.15) is 26.3 Å². The highest BCUT2D eigenvalue weighted by Gasteiger charge is 2.37. The van der Waals surface area contributed by atoms with E-state index < -0.39 is 11.7 Å². The summed E-state index contributed by atoms with van der Waals surface area (Å²) in [6, 6.07) is 5.46. The van der Waals surface area contributed by atoms with Crippen LogP contribution < -0.4 is 10.6 Å². The van der Waals surface area contributed by atoms with Crippen molar-refractivity contribution < 1.29 is 14.3 Å². The number of rotatable bonds is 4. The van der Waals surface area contributed by atoms with E-state index in [1.165, 1.54) is 0 Å². The van der Waals surface area contributed by atoms with E-state index in [-0.39, 0.29) is 5.60 Å². The molecule has 2 N–H and O–H groups in total. The van der Waals surface area contributed by atoms with E-state index in [1.807, 2.05) is 32.9 Å². The minimum atomic E-state index is -0.547. The zero-order valence-electron chi connectivity index (χ0n) is 13.5. The van der Waals surface area contributed by atoms with E-state index >= 15 is 0 Å². The second kappa shape index (κ2) is 6.44. The van der Waals surface area contributed by atoms with Gasteiger partial charge in [0.15, 0.2) is 0 Å². The topological polar surface area (TPSA) is 59.6 Å². The van der Waals surface area contributed by atoms with Gasteiger partial charge in [-0.25, -0.2) is 4.79 Å². The van der Waals surface area contributed by atoms with E-state index in [9.17, 15) is 4.79 Å². The lowest BCUT2D eigenvalue weighted by Gasteiger charge is -2.41. The number of anilines is 1. The van der Waals surface area contributed by atoms with Gasteiger partial charge in [0.2, 0.25) is 0 Å². The number of amides is 1. The Morgan fingerprint density at radius 2 is 2.09 bits per heavy atom. The third-order valence-electron chi connectivity index (χ3n) is 3.55. The van der Waals surface area contributed by atoms with Gasteiger partial charge in [-0.15, -0.1) is 0 Å². The van der Waals surface area contributed by atoms with Crippen molar-refractivity contribution in [3.8, 4) is 0 Å². The second-order valence-corrected chi connectivity index (χ2v) is 7.03. The summed E-state index contributed by atoms with van der Waals surface area (Å²) in [5.74, 6) is 0. The van der Waals surface area contributed by atoms with Crippen LogP contribution in [0.15, 0.2) is 18.2 Å². The van der Waals surface area contributed by atoms with Crippen LogP contribution in [-0.2, 0) is 15.9 Å². The molecule has 1 aromatic carbocycles. The summed E-state index contributed by atoms with van der Waals surface area (Å²) in [6.07, 6.45) is 0.202. The van der Waals surface area contributed by atoms with Crippen LogP contribution >= 0.6 is 11.6 Å². The van der Waals surface area contributed by atoms with Gasteiger partial charge in [0.1, 0.15) is 5.60 Å². The molecule has 0 bridgehead atoms. The van der Waals surface area contributed by atoms with Crippen LogP contribution in [0.25, 0.3) is 0 Å². The summed E-state index contributed by atoms with van der Waals surface area (Å²) in [5.41, 5.74) is 0.857. The Morgan fingerprint density at radius 3 is 2.59 bits per heavy atom. The molecule has 1 fully saturated rings. The molecule has 5 nitrogen and oxygen atoms in total. The number of hydrogen-bond donors (Lipinski definition) is 2. The van der Waals surface area contributed by atoms with Gasteiger partial charge in [-0.3, -0.25) is 5.32 Å². The SMILES string of the molecule is COC1(Cc2ccc(Cl)cc2NC(=O)OC(C)(C)C)CNC1. The summed E-state index contributed by atoms with van der Waals surface area (Å²) in [6.45, 7) is 7.05. The minimum Gasteiger partial charge on any atom is -0.444 e. The predicted molar refractivity (Wildman–Crippen MR) is 87.6 cm³/mol. The number of carbonyl (C=O) groups excluding carboxylic acids is 1. The number of carbonyl (C=O) groups is 1. The Hall–Kier alpha value is -1.30. The predicted octanol–water partition coefficient (Wildman–Crippen LogP) is 3.22. The maximum atomic E-state index is 12.0. The number of hydrogen-bond acceptors (Lipinski definition) is 4. The summed E-state index contributed by atoms with van der Waals surface area (Å²) in [7, 11) is 1.71. The highest BCUT2D eigenvalue weighted by molar-refractivity contribution is 6.31. The van der Waals surface area contributed by atoms with E-state index in [2.05, 4.69) is 10.6 Å². The zero-order chi connectivity index (χ0) is 16.4. The normalized spacial score (nSPS) is 16.8. The molecule has 1 amide bonds. The molecule has 0 atom stereocenters. The first-order valence-corrected chi connectivity index (χ1v) is 7.65. The van der Waals surface area contributed by atoms with Crippen molar-refractivity contribution in [2.24, 2.45) is 0 Å². The van der Waals surface area contributed by atoms with Gasteiger partial charge in [-0.05, 0) is 38.5 Å². The van der Waals surface area contributed by atoms with Crippen molar-refractivity contribution >= 4 is 23.4 Å². The number of benzene rings is 1. The first-order valence-electron chi connectivity index (χ1n) is 7.27. The Morgan fingerprint density at radius 1 is 1.41 bits per heavy atom. The van der Waals surface area contributed by atoms with Crippen LogP contribution in [0, 0.1) is 0 Å². The lowest BCUT2D eigenvalue weighted by Crippen LogP contribution is -2.61. The fourth-order valence-electron chi connectivity index (χ4n) is 2.33. The first-order chi connectivity index (χ1) is 10.2. The second-order valence-electron chi connectivity index (χ2n) is 6.60. The average molecular weight is 327 g/mol. The molecule has 122 valence electrons. The Kier molecular flexibility index (Phi) is 5.00. The van der Waals surface area contributed by atoms with E-state index in [0.717, 1.165) is 18.7 Å². The van der Waals surface area contributed by atoms with Crippen LogP contribution in [0.5, 0.6) is 0 Å². The van der Waals surface area contributed by atoms with Gasteiger partial charge in [0.05, 0.1) is 5.60 Å². The number of ether oxygens (including phenoxy) is 2. The van der Waals surface area contributed by atoms with Crippen LogP contribution in [-0.4, -0.2) is 37.5 Å². The molecule has 0 spiro atoms. The van der Waals surface area contributed by atoms with Gasteiger partial charge >= 0.3 is 6.09 Å². The lowest BCUT2D eigenvalue weighted by atomic mass is 9.88. The van der Waals surface area contributed by atoms with E-state index in [0.29, 0.717) is 17.1 Å². The monoisotopic (exact) mass is 326 g/mol. The van der Waals surface area contributed by atoms with Gasteiger partial charge in [-0.1, -0.05) is 17.7 Å². The van der Waals surface area contributed by atoms with Crippen LogP contribution in [0.4, 0.5) is 10.5 Å². The fourth-order valence-corrected chi connectivity index (χ4v) is 2.50. The molecule has 0 unspecified atom stereocenters. The zero-order valence-corrected chi connectivity index (χ0v) is 14.2. The Bertz CT molecular complexity index is 545. The molecule has 0 radical (unpaired) electrons. The van der Waals surface area contributed by atoms with Crippen molar-refractivity contribution in [1.29, 1.82) is 0 Å². The van der Waals surface area contributed by atoms with Gasteiger partial charge in [0.25, 0.3) is 0 Å². The molecule has 1 aliphatic rings. The van der Waals surface area contributed by atoms with Crippen molar-refractivity contribution in [2.45, 2.75) is 38.4 Å². The quantitative estimate of drug-likeness (QED) is 0.892. The molecular formula is C16H23ClN2O3. The van der Waals surface area contributed by atoms with Crippen molar-refractivity contribution in [2.75, 3.05) is 25.5 Å². The summed E-state index contributed by atoms with van der Waals surface area (Å²) in [4.78, 5) is 12.0. The molecule has 1 heterocycles. The van der Waals surface area contributed by atoms with Crippen molar-refractivity contribution in [1.82, 2.24) is 5.32 Å². The average Bonchev–Trinajstić information content (AvgIpc) is 2.33. The smallest absolute Gasteiger partial charge is 0.412 e. The highest BCUT2D eigenvalue weighted by atomic mass is 35.5. The van der Waals surface area contributed by atoms with Crippen molar-refractivity contribution in [3.05, 3.63) is 28.8 Å². The van der Waals surface area contributed by atoms with Gasteiger partial charge < -0.3 is 14.8 Å².